The third-order valence-electron chi connectivity index (χ3n) is 3.87. The molecule has 120 valence electrons. The zero-order chi connectivity index (χ0) is 16.4. The van der Waals surface area contributed by atoms with E-state index < -0.39 is 14.9 Å². The molecule has 0 bridgehead atoms. The van der Waals surface area contributed by atoms with E-state index in [-0.39, 0.29) is 16.6 Å². The number of nitro benzene ring substituents is 1. The molecule has 2 heterocycles. The first kappa shape index (κ1) is 15.6. The van der Waals surface area contributed by atoms with Crippen LogP contribution in [0.3, 0.4) is 0 Å². The first-order chi connectivity index (χ1) is 11.0. The summed E-state index contributed by atoms with van der Waals surface area (Å²) < 4.78 is 27.1. The molecule has 0 aliphatic carbocycles. The highest BCUT2D eigenvalue weighted by molar-refractivity contribution is 7.89. The van der Waals surface area contributed by atoms with Crippen LogP contribution in [0.4, 0.5) is 5.69 Å². The number of hydrogen-bond donors (Lipinski definition) is 0. The van der Waals surface area contributed by atoms with Gasteiger partial charge >= 0.3 is 0 Å². The van der Waals surface area contributed by atoms with Gasteiger partial charge in [-0.15, -0.1) is 0 Å². The normalized spacial score (nSPS) is 18.9. The van der Waals surface area contributed by atoms with E-state index in [0.29, 0.717) is 18.7 Å². The van der Waals surface area contributed by atoms with Gasteiger partial charge in [-0.25, -0.2) is 8.42 Å². The van der Waals surface area contributed by atoms with Gasteiger partial charge in [-0.05, 0) is 31.0 Å². The number of non-ortho nitro benzene ring substituents is 1. The fraction of sp³-hybridized carbons (Fsp3) is 0.267. The Morgan fingerprint density at radius 3 is 2.74 bits per heavy atom. The number of nitro groups is 1. The summed E-state index contributed by atoms with van der Waals surface area (Å²) in [7, 11) is -3.80. The summed E-state index contributed by atoms with van der Waals surface area (Å²) in [5, 5.41) is 10.9. The Balaban J connectivity index is 1.99. The number of rotatable bonds is 4. The van der Waals surface area contributed by atoms with Gasteiger partial charge in [0, 0.05) is 24.9 Å². The zero-order valence-electron chi connectivity index (χ0n) is 12.2. The van der Waals surface area contributed by atoms with E-state index in [1.807, 2.05) is 6.07 Å². The van der Waals surface area contributed by atoms with E-state index in [1.165, 1.54) is 22.5 Å². The lowest BCUT2D eigenvalue weighted by molar-refractivity contribution is -0.385. The van der Waals surface area contributed by atoms with Gasteiger partial charge in [0.15, 0.2) is 0 Å². The molecule has 1 unspecified atom stereocenters. The SMILES string of the molecule is O=[N+]([O-])c1cccc(S(=O)(=O)N2CCCC2c2ccccn2)c1. The first-order valence-corrected chi connectivity index (χ1v) is 8.61. The predicted molar refractivity (Wildman–Crippen MR) is 83.2 cm³/mol. The summed E-state index contributed by atoms with van der Waals surface area (Å²) in [5.74, 6) is 0. The first-order valence-electron chi connectivity index (χ1n) is 7.17. The van der Waals surface area contributed by atoms with Crippen molar-refractivity contribution in [3.05, 3.63) is 64.5 Å². The summed E-state index contributed by atoms with van der Waals surface area (Å²) in [6, 6.07) is 10.2. The summed E-state index contributed by atoms with van der Waals surface area (Å²) in [5.41, 5.74) is 0.457. The van der Waals surface area contributed by atoms with Crippen LogP contribution >= 0.6 is 0 Å². The molecular weight excluding hydrogens is 318 g/mol. The van der Waals surface area contributed by atoms with E-state index >= 15 is 0 Å². The van der Waals surface area contributed by atoms with Crippen molar-refractivity contribution in [1.82, 2.24) is 9.29 Å². The zero-order valence-corrected chi connectivity index (χ0v) is 13.0. The van der Waals surface area contributed by atoms with Crippen LogP contribution < -0.4 is 0 Å². The van der Waals surface area contributed by atoms with Gasteiger partial charge < -0.3 is 0 Å². The monoisotopic (exact) mass is 333 g/mol. The fourth-order valence-corrected chi connectivity index (χ4v) is 4.50. The second-order valence-electron chi connectivity index (χ2n) is 5.28. The molecule has 0 saturated carbocycles. The van der Waals surface area contributed by atoms with Crippen molar-refractivity contribution in [2.24, 2.45) is 0 Å². The third kappa shape index (κ3) is 2.95. The van der Waals surface area contributed by atoms with Crippen LogP contribution in [-0.4, -0.2) is 29.2 Å². The lowest BCUT2D eigenvalue weighted by Gasteiger charge is -2.23. The molecule has 2 aromatic rings. The van der Waals surface area contributed by atoms with Crippen LogP contribution in [0.2, 0.25) is 0 Å². The minimum atomic E-state index is -3.80. The van der Waals surface area contributed by atoms with E-state index in [4.69, 9.17) is 0 Å². The van der Waals surface area contributed by atoms with E-state index in [1.54, 1.807) is 18.3 Å². The molecule has 0 N–H and O–H groups in total. The van der Waals surface area contributed by atoms with Crippen molar-refractivity contribution in [2.75, 3.05) is 6.54 Å². The molecule has 1 aromatic heterocycles. The van der Waals surface area contributed by atoms with Gasteiger partial charge in [0.1, 0.15) is 0 Å². The summed E-state index contributed by atoms with van der Waals surface area (Å²) in [6.45, 7) is 0.381. The van der Waals surface area contributed by atoms with Crippen LogP contribution in [0, 0.1) is 10.1 Å². The van der Waals surface area contributed by atoms with Gasteiger partial charge in [0.2, 0.25) is 10.0 Å². The summed E-state index contributed by atoms with van der Waals surface area (Å²) >= 11 is 0. The van der Waals surface area contributed by atoms with Crippen LogP contribution in [0.25, 0.3) is 0 Å². The highest BCUT2D eigenvalue weighted by Gasteiger charge is 2.37. The van der Waals surface area contributed by atoms with Crippen molar-refractivity contribution < 1.29 is 13.3 Å². The number of nitrogens with zero attached hydrogens (tertiary/aromatic N) is 3. The van der Waals surface area contributed by atoms with E-state index in [0.717, 1.165) is 12.5 Å². The van der Waals surface area contributed by atoms with Gasteiger partial charge in [0.25, 0.3) is 5.69 Å². The Labute approximate surface area is 133 Å². The van der Waals surface area contributed by atoms with Gasteiger partial charge in [0.05, 0.1) is 21.6 Å². The van der Waals surface area contributed by atoms with Crippen LogP contribution in [0.15, 0.2) is 53.6 Å². The highest BCUT2D eigenvalue weighted by Crippen LogP contribution is 2.36. The van der Waals surface area contributed by atoms with Crippen LogP contribution in [0.1, 0.15) is 24.6 Å². The molecule has 0 amide bonds. The lowest BCUT2D eigenvalue weighted by atomic mass is 10.1. The molecule has 8 heteroatoms. The maximum Gasteiger partial charge on any atom is 0.270 e. The molecule has 1 atom stereocenters. The highest BCUT2D eigenvalue weighted by atomic mass is 32.2. The van der Waals surface area contributed by atoms with Gasteiger partial charge in [-0.3, -0.25) is 15.1 Å². The Hall–Kier alpha value is -2.32. The minimum Gasteiger partial charge on any atom is -0.260 e. The van der Waals surface area contributed by atoms with Crippen LogP contribution in [0.5, 0.6) is 0 Å². The minimum absolute atomic E-state index is 0.0606. The van der Waals surface area contributed by atoms with Gasteiger partial charge in [-0.1, -0.05) is 12.1 Å². The fourth-order valence-electron chi connectivity index (χ4n) is 2.79. The molecule has 1 fully saturated rings. The number of pyridine rings is 1. The van der Waals surface area contributed by atoms with Crippen molar-refractivity contribution in [3.8, 4) is 0 Å². The average molecular weight is 333 g/mol. The topological polar surface area (TPSA) is 93.4 Å². The molecular formula is C15H15N3O4S. The lowest BCUT2D eigenvalue weighted by Crippen LogP contribution is -2.31. The average Bonchev–Trinajstić information content (AvgIpc) is 3.06. The number of aromatic nitrogens is 1. The van der Waals surface area contributed by atoms with Gasteiger partial charge in [-0.2, -0.15) is 4.31 Å². The molecule has 1 saturated heterocycles. The maximum atomic E-state index is 12.9. The summed E-state index contributed by atoms with van der Waals surface area (Å²) in [4.78, 5) is 14.5. The smallest absolute Gasteiger partial charge is 0.260 e. The van der Waals surface area contributed by atoms with Crippen LogP contribution in [-0.2, 0) is 10.0 Å². The van der Waals surface area contributed by atoms with E-state index in [2.05, 4.69) is 4.98 Å². The second kappa shape index (κ2) is 6.05. The Morgan fingerprint density at radius 2 is 2.04 bits per heavy atom. The molecule has 1 aliphatic heterocycles. The van der Waals surface area contributed by atoms with Crippen molar-refractivity contribution in [2.45, 2.75) is 23.8 Å². The molecule has 0 radical (unpaired) electrons. The largest absolute Gasteiger partial charge is 0.270 e. The quantitative estimate of drug-likeness (QED) is 0.633. The maximum absolute atomic E-state index is 12.9. The van der Waals surface area contributed by atoms with Crippen molar-refractivity contribution >= 4 is 15.7 Å². The van der Waals surface area contributed by atoms with E-state index in [9.17, 15) is 18.5 Å². The second-order valence-corrected chi connectivity index (χ2v) is 7.17. The Morgan fingerprint density at radius 1 is 1.22 bits per heavy atom. The molecule has 0 spiro atoms. The molecule has 1 aliphatic rings. The van der Waals surface area contributed by atoms with Crippen molar-refractivity contribution in [1.29, 1.82) is 0 Å². The number of sulfonamides is 1. The standard InChI is InChI=1S/C15H15N3O4S/c19-18(20)12-5-3-6-13(11-12)23(21,22)17-10-4-8-15(17)14-7-1-2-9-16-14/h1-3,5-7,9,11,15H,4,8,10H2. The molecule has 1 aromatic carbocycles. The summed E-state index contributed by atoms with van der Waals surface area (Å²) in [6.07, 6.45) is 3.05. The van der Waals surface area contributed by atoms with Crippen molar-refractivity contribution in [3.63, 3.8) is 0 Å². The number of hydrogen-bond acceptors (Lipinski definition) is 5. The Kier molecular flexibility index (Phi) is 4.10. The molecule has 23 heavy (non-hydrogen) atoms. The number of benzene rings is 1. The molecule has 3 rings (SSSR count). The predicted octanol–water partition coefficient (Wildman–Crippen LogP) is 2.52. The Bertz CT molecular complexity index is 824. The third-order valence-corrected chi connectivity index (χ3v) is 5.77. The molecule has 7 nitrogen and oxygen atoms in total.